The lowest BCUT2D eigenvalue weighted by Crippen LogP contribution is -2.41. The third-order valence-electron chi connectivity index (χ3n) is 4.80. The van der Waals surface area contributed by atoms with Crippen molar-refractivity contribution in [3.8, 4) is 5.75 Å². The molecule has 1 N–H and O–H groups in total. The number of carbonyl (C=O) groups is 1. The third kappa shape index (κ3) is 3.45. The van der Waals surface area contributed by atoms with Gasteiger partial charge >= 0.3 is 6.03 Å². The average molecular weight is 368 g/mol. The fraction of sp³-hybridized carbons (Fsp3) is 0.300. The van der Waals surface area contributed by atoms with Crippen molar-refractivity contribution < 1.29 is 13.9 Å². The van der Waals surface area contributed by atoms with E-state index in [0.29, 0.717) is 37.4 Å². The first-order chi connectivity index (χ1) is 13.1. The number of fused-ring (bicyclic) bond motifs is 2. The van der Waals surface area contributed by atoms with E-state index in [4.69, 9.17) is 4.74 Å². The van der Waals surface area contributed by atoms with Crippen molar-refractivity contribution in [2.45, 2.75) is 13.0 Å². The first kappa shape index (κ1) is 17.3. The summed E-state index contributed by atoms with van der Waals surface area (Å²) in [5.41, 5.74) is 2.43. The van der Waals surface area contributed by atoms with Gasteiger partial charge in [0.05, 0.1) is 24.3 Å². The Labute approximate surface area is 156 Å². The van der Waals surface area contributed by atoms with Gasteiger partial charge in [-0.15, -0.1) is 0 Å². The second-order valence-electron chi connectivity index (χ2n) is 6.56. The highest BCUT2D eigenvalue weighted by Crippen LogP contribution is 2.25. The van der Waals surface area contributed by atoms with Crippen LogP contribution in [0.3, 0.4) is 0 Å². The number of para-hydroxylation sites is 1. The molecular weight excluding hydrogens is 347 g/mol. The van der Waals surface area contributed by atoms with Crippen LogP contribution in [0.5, 0.6) is 5.75 Å². The Balaban J connectivity index is 1.40. The number of benzene rings is 2. The summed E-state index contributed by atoms with van der Waals surface area (Å²) in [4.78, 5) is 14.1. The van der Waals surface area contributed by atoms with Crippen LogP contribution in [0.1, 0.15) is 11.3 Å². The zero-order valence-electron chi connectivity index (χ0n) is 15.1. The molecule has 1 aromatic heterocycles. The Morgan fingerprint density at radius 1 is 1.26 bits per heavy atom. The Kier molecular flexibility index (Phi) is 4.66. The molecule has 3 aromatic rings. The molecule has 0 fully saturated rings. The molecule has 2 amide bonds. The summed E-state index contributed by atoms with van der Waals surface area (Å²) in [5.74, 6) is 0.150. The van der Waals surface area contributed by atoms with Crippen molar-refractivity contribution in [2.75, 3.05) is 19.7 Å². The zero-order chi connectivity index (χ0) is 18.8. The van der Waals surface area contributed by atoms with Crippen LogP contribution in [0.15, 0.2) is 42.5 Å². The Hall–Kier alpha value is -3.09. The fourth-order valence-corrected chi connectivity index (χ4v) is 3.41. The number of nitrogens with zero attached hydrogens (tertiary/aromatic N) is 3. The van der Waals surface area contributed by atoms with Crippen LogP contribution in [-0.4, -0.2) is 40.4 Å². The molecular formula is C20H21FN4O2. The van der Waals surface area contributed by atoms with E-state index >= 15 is 0 Å². The van der Waals surface area contributed by atoms with E-state index in [2.05, 4.69) is 10.4 Å². The molecule has 4 rings (SSSR count). The van der Waals surface area contributed by atoms with E-state index < -0.39 is 0 Å². The highest BCUT2D eigenvalue weighted by molar-refractivity contribution is 5.82. The number of carbonyl (C=O) groups excluding carboxylic acids is 1. The number of amides is 2. The van der Waals surface area contributed by atoms with Crippen molar-refractivity contribution in [1.29, 1.82) is 0 Å². The van der Waals surface area contributed by atoms with Crippen LogP contribution in [0.25, 0.3) is 10.9 Å². The highest BCUT2D eigenvalue weighted by Gasteiger charge is 2.22. The number of hydrogen-bond donors (Lipinski definition) is 1. The number of rotatable bonds is 3. The summed E-state index contributed by atoms with van der Waals surface area (Å²) >= 11 is 0. The summed E-state index contributed by atoms with van der Waals surface area (Å²) in [6, 6.07) is 12.5. The van der Waals surface area contributed by atoms with Gasteiger partial charge in [-0.25, -0.2) is 9.18 Å². The van der Waals surface area contributed by atoms with Crippen molar-refractivity contribution in [3.63, 3.8) is 0 Å². The van der Waals surface area contributed by atoms with Gasteiger partial charge < -0.3 is 15.0 Å². The fourth-order valence-electron chi connectivity index (χ4n) is 3.41. The smallest absolute Gasteiger partial charge is 0.317 e. The standard InChI is InChI=1S/C20H21FN4O2/c1-24-18-7-3-2-5-14(18)17(23-24)9-10-22-20(26)25-11-12-27-19-8-4-6-16(21)15(19)13-25/h2-8H,9-13H2,1H3,(H,22,26). The average Bonchev–Trinajstić information content (AvgIpc) is 2.85. The Morgan fingerprint density at radius 3 is 3.00 bits per heavy atom. The van der Waals surface area contributed by atoms with E-state index in [1.54, 1.807) is 17.0 Å². The minimum absolute atomic E-state index is 0.195. The molecule has 0 radical (unpaired) electrons. The summed E-state index contributed by atoms with van der Waals surface area (Å²) in [7, 11) is 1.91. The lowest BCUT2D eigenvalue weighted by atomic mass is 10.1. The van der Waals surface area contributed by atoms with Crippen molar-refractivity contribution in [1.82, 2.24) is 20.0 Å². The van der Waals surface area contributed by atoms with Crippen molar-refractivity contribution in [2.24, 2.45) is 7.05 Å². The minimum atomic E-state index is -0.354. The van der Waals surface area contributed by atoms with Gasteiger partial charge in [0.2, 0.25) is 0 Å². The maximum absolute atomic E-state index is 14.1. The van der Waals surface area contributed by atoms with Crippen LogP contribution < -0.4 is 10.1 Å². The third-order valence-corrected chi connectivity index (χ3v) is 4.80. The van der Waals surface area contributed by atoms with Crippen LogP contribution in [0, 0.1) is 5.82 Å². The second kappa shape index (κ2) is 7.26. The first-order valence-electron chi connectivity index (χ1n) is 8.97. The lowest BCUT2D eigenvalue weighted by molar-refractivity contribution is 0.187. The molecule has 0 unspecified atom stereocenters. The normalized spacial score (nSPS) is 13.8. The van der Waals surface area contributed by atoms with Crippen LogP contribution in [-0.2, 0) is 20.0 Å². The SMILES string of the molecule is Cn1nc(CCNC(=O)N2CCOc3cccc(F)c3C2)c2ccccc21. The van der Waals surface area contributed by atoms with Crippen LogP contribution in [0.2, 0.25) is 0 Å². The Morgan fingerprint density at radius 2 is 2.11 bits per heavy atom. The molecule has 0 bridgehead atoms. The number of hydrogen-bond acceptors (Lipinski definition) is 3. The van der Waals surface area contributed by atoms with Gasteiger partial charge in [-0.2, -0.15) is 5.10 Å². The molecule has 0 saturated heterocycles. The monoisotopic (exact) mass is 368 g/mol. The van der Waals surface area contributed by atoms with Gasteiger partial charge in [0, 0.05) is 31.0 Å². The Bertz CT molecular complexity index is 985. The number of halogens is 1. The molecule has 1 aliphatic rings. The molecule has 2 aromatic carbocycles. The van der Waals surface area contributed by atoms with E-state index in [0.717, 1.165) is 16.6 Å². The highest BCUT2D eigenvalue weighted by atomic mass is 19.1. The van der Waals surface area contributed by atoms with Gasteiger partial charge in [0.15, 0.2) is 0 Å². The largest absolute Gasteiger partial charge is 0.491 e. The molecule has 2 heterocycles. The lowest BCUT2D eigenvalue weighted by Gasteiger charge is -2.20. The van der Waals surface area contributed by atoms with Crippen LogP contribution >= 0.6 is 0 Å². The minimum Gasteiger partial charge on any atom is -0.491 e. The summed E-state index contributed by atoms with van der Waals surface area (Å²) in [5, 5.41) is 8.54. The van der Waals surface area contributed by atoms with Gasteiger partial charge in [-0.1, -0.05) is 24.3 Å². The zero-order valence-corrected chi connectivity index (χ0v) is 15.1. The molecule has 0 spiro atoms. The summed E-state index contributed by atoms with van der Waals surface area (Å²) < 4.78 is 21.5. The number of urea groups is 1. The van der Waals surface area contributed by atoms with Gasteiger partial charge in [-0.3, -0.25) is 4.68 Å². The molecule has 6 nitrogen and oxygen atoms in total. The van der Waals surface area contributed by atoms with Gasteiger partial charge in [-0.05, 0) is 18.2 Å². The molecule has 140 valence electrons. The van der Waals surface area contributed by atoms with E-state index in [1.165, 1.54) is 6.07 Å². The summed E-state index contributed by atoms with van der Waals surface area (Å²) in [6.07, 6.45) is 0.627. The van der Waals surface area contributed by atoms with Crippen LogP contribution in [0.4, 0.5) is 9.18 Å². The molecule has 27 heavy (non-hydrogen) atoms. The van der Waals surface area contributed by atoms with Crippen molar-refractivity contribution in [3.05, 3.63) is 59.5 Å². The van der Waals surface area contributed by atoms with Crippen molar-refractivity contribution >= 4 is 16.9 Å². The molecule has 0 saturated carbocycles. The first-order valence-corrected chi connectivity index (χ1v) is 8.97. The number of ether oxygens (including phenoxy) is 1. The van der Waals surface area contributed by atoms with E-state index in [1.807, 2.05) is 36.0 Å². The van der Waals surface area contributed by atoms with E-state index in [-0.39, 0.29) is 18.4 Å². The number of nitrogens with one attached hydrogen (secondary N) is 1. The summed E-state index contributed by atoms with van der Waals surface area (Å²) in [6.45, 7) is 1.41. The molecule has 0 atom stereocenters. The maximum atomic E-state index is 14.1. The second-order valence-corrected chi connectivity index (χ2v) is 6.56. The maximum Gasteiger partial charge on any atom is 0.317 e. The number of aromatic nitrogens is 2. The predicted molar refractivity (Wildman–Crippen MR) is 100 cm³/mol. The van der Waals surface area contributed by atoms with Gasteiger partial charge in [0.25, 0.3) is 0 Å². The quantitative estimate of drug-likeness (QED) is 0.773. The van der Waals surface area contributed by atoms with E-state index in [9.17, 15) is 9.18 Å². The topological polar surface area (TPSA) is 59.4 Å². The predicted octanol–water partition coefficient (Wildman–Crippen LogP) is 2.86. The molecule has 0 aliphatic carbocycles. The molecule has 1 aliphatic heterocycles. The molecule has 7 heteroatoms. The van der Waals surface area contributed by atoms with Gasteiger partial charge in [0.1, 0.15) is 18.2 Å². The number of aryl methyl sites for hydroxylation is 1.